The lowest BCUT2D eigenvalue weighted by Crippen LogP contribution is -2.01. The van der Waals surface area contributed by atoms with Gasteiger partial charge in [-0.15, -0.1) is 0 Å². The van der Waals surface area contributed by atoms with Crippen LogP contribution in [0.2, 0.25) is 0 Å². The predicted octanol–water partition coefficient (Wildman–Crippen LogP) is 1.47. The summed E-state index contributed by atoms with van der Waals surface area (Å²) in [6.07, 6.45) is 6.02. The van der Waals surface area contributed by atoms with E-state index in [1.807, 2.05) is 0 Å². The largest absolute Gasteiger partial charge is 0.465 e. The fourth-order valence-electron chi connectivity index (χ4n) is 0.987. The highest BCUT2D eigenvalue weighted by molar-refractivity contribution is 5.88. The summed E-state index contributed by atoms with van der Waals surface area (Å²) in [5.41, 5.74) is 1.11. The molecule has 0 N–H and O–H groups in total. The van der Waals surface area contributed by atoms with Crippen LogP contribution < -0.4 is 0 Å². The fraction of sp³-hybridized carbons (Fsp3) is 0.182. The lowest BCUT2D eigenvalue weighted by Gasteiger charge is -1.98. The number of hydrogen-bond acceptors (Lipinski definition) is 4. The summed E-state index contributed by atoms with van der Waals surface area (Å²) in [5, 5.41) is 0. The van der Waals surface area contributed by atoms with Gasteiger partial charge in [0.25, 0.3) is 0 Å². The molecule has 0 aliphatic heterocycles. The Morgan fingerprint density at radius 1 is 1.53 bits per heavy atom. The molecule has 0 bridgehead atoms. The second-order valence-electron chi connectivity index (χ2n) is 2.77. The van der Waals surface area contributed by atoms with Crippen molar-refractivity contribution in [3.8, 4) is 0 Å². The van der Waals surface area contributed by atoms with Gasteiger partial charge in [-0.2, -0.15) is 0 Å². The SMILES string of the molecule is COC(=O)c1ccc(C=CCC=O)nc1. The normalized spacial score (nSPS) is 10.2. The number of nitrogens with zero attached hydrogens (tertiary/aromatic N) is 1. The van der Waals surface area contributed by atoms with E-state index in [1.54, 1.807) is 24.3 Å². The van der Waals surface area contributed by atoms with Crippen molar-refractivity contribution in [2.75, 3.05) is 7.11 Å². The van der Waals surface area contributed by atoms with Crippen molar-refractivity contribution in [2.45, 2.75) is 6.42 Å². The van der Waals surface area contributed by atoms with Crippen molar-refractivity contribution in [1.29, 1.82) is 0 Å². The highest BCUT2D eigenvalue weighted by atomic mass is 16.5. The molecule has 0 atom stereocenters. The van der Waals surface area contributed by atoms with Gasteiger partial charge in [-0.1, -0.05) is 6.08 Å². The number of carbonyl (C=O) groups excluding carboxylic acids is 2. The molecular formula is C11H11NO3. The van der Waals surface area contributed by atoms with Gasteiger partial charge in [0, 0.05) is 12.6 Å². The Hall–Kier alpha value is -1.97. The number of carbonyl (C=O) groups is 2. The molecule has 0 aromatic carbocycles. The van der Waals surface area contributed by atoms with Gasteiger partial charge in [0.05, 0.1) is 18.4 Å². The van der Waals surface area contributed by atoms with Crippen LogP contribution >= 0.6 is 0 Å². The third-order valence-corrected chi connectivity index (χ3v) is 1.73. The minimum absolute atomic E-state index is 0.362. The molecule has 0 fully saturated rings. The van der Waals surface area contributed by atoms with Crippen molar-refractivity contribution in [1.82, 2.24) is 4.98 Å². The average Bonchev–Trinajstić information content (AvgIpc) is 2.29. The molecule has 0 amide bonds. The Bertz CT molecular complexity index is 368. The van der Waals surface area contributed by atoms with Gasteiger partial charge >= 0.3 is 5.97 Å². The zero-order chi connectivity index (χ0) is 11.1. The lowest BCUT2D eigenvalue weighted by molar-refractivity contribution is -0.107. The highest BCUT2D eigenvalue weighted by Gasteiger charge is 2.03. The quantitative estimate of drug-likeness (QED) is 0.551. The van der Waals surface area contributed by atoms with Gasteiger partial charge in [-0.05, 0) is 18.2 Å². The maximum absolute atomic E-state index is 11.1. The number of methoxy groups -OCH3 is 1. The first-order valence-corrected chi connectivity index (χ1v) is 4.42. The van der Waals surface area contributed by atoms with E-state index >= 15 is 0 Å². The summed E-state index contributed by atoms with van der Waals surface area (Å²) < 4.78 is 4.53. The average molecular weight is 205 g/mol. The van der Waals surface area contributed by atoms with Crippen LogP contribution in [0.1, 0.15) is 22.5 Å². The van der Waals surface area contributed by atoms with Crippen molar-refractivity contribution in [3.63, 3.8) is 0 Å². The molecule has 4 heteroatoms. The standard InChI is InChI=1S/C11H11NO3/c1-15-11(14)9-5-6-10(12-8-9)4-2-3-7-13/h2,4-8H,3H2,1H3. The molecule has 1 rings (SSSR count). The number of aldehydes is 1. The second-order valence-corrected chi connectivity index (χ2v) is 2.77. The molecule has 0 unspecified atom stereocenters. The predicted molar refractivity (Wildman–Crippen MR) is 55.3 cm³/mol. The lowest BCUT2D eigenvalue weighted by atomic mass is 10.2. The van der Waals surface area contributed by atoms with Crippen LogP contribution in [0.4, 0.5) is 0 Å². The Labute approximate surface area is 87.6 Å². The number of hydrogen-bond donors (Lipinski definition) is 0. The number of esters is 1. The van der Waals surface area contributed by atoms with Crippen molar-refractivity contribution in [2.24, 2.45) is 0 Å². The molecule has 0 saturated carbocycles. The second kappa shape index (κ2) is 5.70. The monoisotopic (exact) mass is 205 g/mol. The van der Waals surface area contributed by atoms with E-state index in [2.05, 4.69) is 9.72 Å². The van der Waals surface area contributed by atoms with E-state index in [0.717, 1.165) is 6.29 Å². The first kappa shape index (κ1) is 11.1. The van der Waals surface area contributed by atoms with E-state index in [1.165, 1.54) is 13.3 Å². The highest BCUT2D eigenvalue weighted by Crippen LogP contribution is 2.03. The molecule has 4 nitrogen and oxygen atoms in total. The van der Waals surface area contributed by atoms with Crippen LogP contribution in [0.15, 0.2) is 24.4 Å². The van der Waals surface area contributed by atoms with Crippen molar-refractivity contribution in [3.05, 3.63) is 35.7 Å². The van der Waals surface area contributed by atoms with E-state index in [0.29, 0.717) is 17.7 Å². The van der Waals surface area contributed by atoms with Gasteiger partial charge < -0.3 is 9.53 Å². The first-order chi connectivity index (χ1) is 7.27. The van der Waals surface area contributed by atoms with Gasteiger partial charge in [0.15, 0.2) is 0 Å². The zero-order valence-electron chi connectivity index (χ0n) is 8.34. The Morgan fingerprint density at radius 3 is 2.87 bits per heavy atom. The van der Waals surface area contributed by atoms with E-state index < -0.39 is 5.97 Å². The van der Waals surface area contributed by atoms with Gasteiger partial charge in [0.1, 0.15) is 6.29 Å². The summed E-state index contributed by atoms with van der Waals surface area (Å²) in [4.78, 5) is 25.1. The summed E-state index contributed by atoms with van der Waals surface area (Å²) in [6.45, 7) is 0. The summed E-state index contributed by atoms with van der Waals surface area (Å²) in [6, 6.07) is 3.31. The molecule has 15 heavy (non-hydrogen) atoms. The molecule has 0 aliphatic rings. The van der Waals surface area contributed by atoms with Crippen LogP contribution in [0.5, 0.6) is 0 Å². The van der Waals surface area contributed by atoms with Crippen LogP contribution in [0, 0.1) is 0 Å². The maximum Gasteiger partial charge on any atom is 0.339 e. The van der Waals surface area contributed by atoms with Crippen molar-refractivity contribution >= 4 is 18.3 Å². The van der Waals surface area contributed by atoms with E-state index in [9.17, 15) is 9.59 Å². The molecule has 0 spiro atoms. The topological polar surface area (TPSA) is 56.3 Å². The Morgan fingerprint density at radius 2 is 2.33 bits per heavy atom. The number of aromatic nitrogens is 1. The first-order valence-electron chi connectivity index (χ1n) is 4.42. The van der Waals surface area contributed by atoms with Gasteiger partial charge in [-0.3, -0.25) is 4.98 Å². The van der Waals surface area contributed by atoms with Gasteiger partial charge in [0.2, 0.25) is 0 Å². The maximum atomic E-state index is 11.1. The Kier molecular flexibility index (Phi) is 4.22. The van der Waals surface area contributed by atoms with Crippen LogP contribution in [0.25, 0.3) is 6.08 Å². The van der Waals surface area contributed by atoms with E-state index in [4.69, 9.17) is 0 Å². The minimum atomic E-state index is -0.411. The third kappa shape index (κ3) is 3.34. The van der Waals surface area contributed by atoms with E-state index in [-0.39, 0.29) is 0 Å². The summed E-state index contributed by atoms with van der Waals surface area (Å²) in [7, 11) is 1.32. The van der Waals surface area contributed by atoms with Crippen LogP contribution in [0.3, 0.4) is 0 Å². The molecule has 0 saturated heterocycles. The van der Waals surface area contributed by atoms with Gasteiger partial charge in [-0.25, -0.2) is 4.79 Å². The molecular weight excluding hydrogens is 194 g/mol. The fourth-order valence-corrected chi connectivity index (χ4v) is 0.987. The number of allylic oxidation sites excluding steroid dienone is 1. The Balaban J connectivity index is 2.72. The number of ether oxygens (including phenoxy) is 1. The molecule has 0 radical (unpaired) electrons. The summed E-state index contributed by atoms with van der Waals surface area (Å²) >= 11 is 0. The summed E-state index contributed by atoms with van der Waals surface area (Å²) in [5.74, 6) is -0.411. The van der Waals surface area contributed by atoms with Crippen LogP contribution in [-0.2, 0) is 9.53 Å². The minimum Gasteiger partial charge on any atom is -0.465 e. The van der Waals surface area contributed by atoms with Crippen LogP contribution in [-0.4, -0.2) is 24.3 Å². The molecule has 1 heterocycles. The number of pyridine rings is 1. The zero-order valence-corrected chi connectivity index (χ0v) is 8.34. The molecule has 78 valence electrons. The van der Waals surface area contributed by atoms with Crippen molar-refractivity contribution < 1.29 is 14.3 Å². The number of rotatable bonds is 4. The smallest absolute Gasteiger partial charge is 0.339 e. The molecule has 1 aromatic heterocycles. The molecule has 0 aliphatic carbocycles. The molecule has 1 aromatic rings. The third-order valence-electron chi connectivity index (χ3n) is 1.73.